The minimum atomic E-state index is -4.68. The molecule has 4 heteroatoms. The van der Waals surface area contributed by atoms with E-state index in [2.05, 4.69) is 0 Å². The van der Waals surface area contributed by atoms with Gasteiger partial charge in [-0.2, -0.15) is 8.39 Å². The van der Waals surface area contributed by atoms with Crippen molar-refractivity contribution in [1.29, 1.82) is 0 Å². The molecule has 0 aliphatic rings. The molecule has 0 atom stereocenters. The summed E-state index contributed by atoms with van der Waals surface area (Å²) in [4.78, 5) is 0. The van der Waals surface area contributed by atoms with Crippen molar-refractivity contribution in [3.63, 3.8) is 0 Å². The standard InChI is InChI=1S/C4H9F2OP/c1-2-3-4-8(5,6)7/h2-4H2,1H3. The Morgan fingerprint density at radius 3 is 2.12 bits per heavy atom. The molecule has 0 radical (unpaired) electrons. The first-order valence-corrected chi connectivity index (χ1v) is 4.22. The van der Waals surface area contributed by atoms with Gasteiger partial charge in [-0.25, -0.2) is 0 Å². The third-order valence-corrected chi connectivity index (χ3v) is 1.61. The van der Waals surface area contributed by atoms with E-state index in [-0.39, 0.29) is 0 Å². The van der Waals surface area contributed by atoms with Crippen LogP contribution in [0.3, 0.4) is 0 Å². The molecule has 0 aliphatic heterocycles. The predicted molar refractivity (Wildman–Crippen MR) is 29.6 cm³/mol. The second-order valence-corrected chi connectivity index (χ2v) is 3.23. The van der Waals surface area contributed by atoms with Crippen LogP contribution in [0, 0.1) is 0 Å². The minimum Gasteiger partial charge on any atom is -0.250 e. The van der Waals surface area contributed by atoms with Crippen molar-refractivity contribution >= 4 is 7.76 Å². The van der Waals surface area contributed by atoms with Crippen LogP contribution >= 0.6 is 7.76 Å². The molecular formula is C4H9F2OP. The number of halogens is 2. The molecule has 0 aromatic rings. The van der Waals surface area contributed by atoms with Gasteiger partial charge in [-0.05, 0) is 6.42 Å². The maximum Gasteiger partial charge on any atom is 0.402 e. The lowest BCUT2D eigenvalue weighted by Crippen LogP contribution is -1.76. The fourth-order valence-electron chi connectivity index (χ4n) is 0.342. The van der Waals surface area contributed by atoms with Gasteiger partial charge in [0.2, 0.25) is 0 Å². The van der Waals surface area contributed by atoms with Crippen molar-refractivity contribution in [2.24, 2.45) is 0 Å². The molecule has 0 bridgehead atoms. The monoisotopic (exact) mass is 142 g/mol. The van der Waals surface area contributed by atoms with Gasteiger partial charge in [-0.1, -0.05) is 13.3 Å². The minimum absolute atomic E-state index is 0.365. The fourth-order valence-corrected chi connectivity index (χ4v) is 1.03. The number of unbranched alkanes of at least 4 members (excludes halogenated alkanes) is 1. The molecule has 0 saturated heterocycles. The summed E-state index contributed by atoms with van der Waals surface area (Å²) in [5.74, 6) is 0. The summed E-state index contributed by atoms with van der Waals surface area (Å²) in [6.45, 7) is 1.79. The number of hydrogen-bond donors (Lipinski definition) is 0. The zero-order chi connectivity index (χ0) is 6.62. The van der Waals surface area contributed by atoms with Crippen molar-refractivity contribution in [3.8, 4) is 0 Å². The lowest BCUT2D eigenvalue weighted by molar-refractivity contribution is 0.491. The van der Waals surface area contributed by atoms with Crippen molar-refractivity contribution in [1.82, 2.24) is 0 Å². The predicted octanol–water partition coefficient (Wildman–Crippen LogP) is 2.92. The molecule has 0 rings (SSSR count). The van der Waals surface area contributed by atoms with Crippen molar-refractivity contribution in [2.75, 3.05) is 6.16 Å². The molecule has 0 heterocycles. The largest absolute Gasteiger partial charge is 0.402 e. The second-order valence-electron chi connectivity index (χ2n) is 1.65. The highest BCUT2D eigenvalue weighted by molar-refractivity contribution is 7.52. The third-order valence-electron chi connectivity index (χ3n) is 0.772. The van der Waals surface area contributed by atoms with Crippen LogP contribution in [0.4, 0.5) is 8.39 Å². The Labute approximate surface area is 47.7 Å². The van der Waals surface area contributed by atoms with Gasteiger partial charge in [-0.15, -0.1) is 0 Å². The molecule has 8 heavy (non-hydrogen) atoms. The summed E-state index contributed by atoms with van der Waals surface area (Å²) in [6.07, 6.45) is 0.631. The summed E-state index contributed by atoms with van der Waals surface area (Å²) in [6, 6.07) is 0. The first-order chi connectivity index (χ1) is 3.56. The van der Waals surface area contributed by atoms with Crippen molar-refractivity contribution in [2.45, 2.75) is 19.8 Å². The average molecular weight is 142 g/mol. The molecule has 0 aromatic heterocycles. The van der Waals surface area contributed by atoms with E-state index in [0.717, 1.165) is 0 Å². The first-order valence-electron chi connectivity index (χ1n) is 2.54. The second kappa shape index (κ2) is 3.18. The molecule has 0 aliphatic carbocycles. The smallest absolute Gasteiger partial charge is 0.250 e. The molecule has 0 fully saturated rings. The fraction of sp³-hybridized carbons (Fsp3) is 1.00. The SMILES string of the molecule is CCCCP(=O)(F)F. The maximum atomic E-state index is 11.5. The van der Waals surface area contributed by atoms with Crippen LogP contribution < -0.4 is 0 Å². The molecule has 50 valence electrons. The molecule has 0 unspecified atom stereocenters. The van der Waals surface area contributed by atoms with Crippen LogP contribution in [-0.2, 0) is 4.57 Å². The lowest BCUT2D eigenvalue weighted by atomic mass is 10.4. The summed E-state index contributed by atoms with van der Waals surface area (Å²) >= 11 is 0. The number of rotatable bonds is 3. The summed E-state index contributed by atoms with van der Waals surface area (Å²) in [5.41, 5.74) is 0. The van der Waals surface area contributed by atoms with Gasteiger partial charge in [0.15, 0.2) is 0 Å². The Morgan fingerprint density at radius 2 is 2.00 bits per heavy atom. The highest BCUT2D eigenvalue weighted by atomic mass is 31.2. The Balaban J connectivity index is 3.26. The Kier molecular flexibility index (Phi) is 3.22. The molecular weight excluding hydrogens is 133 g/mol. The van der Waals surface area contributed by atoms with Crippen LogP contribution in [0.5, 0.6) is 0 Å². The topological polar surface area (TPSA) is 17.1 Å². The van der Waals surface area contributed by atoms with Gasteiger partial charge >= 0.3 is 7.76 Å². The Hall–Kier alpha value is 0.0900. The Bertz CT molecular complexity index is 98.2. The van der Waals surface area contributed by atoms with E-state index in [0.29, 0.717) is 12.8 Å². The van der Waals surface area contributed by atoms with E-state index in [4.69, 9.17) is 0 Å². The summed E-state index contributed by atoms with van der Waals surface area (Å²) in [7, 11) is -4.68. The Morgan fingerprint density at radius 1 is 1.50 bits per heavy atom. The molecule has 0 spiro atoms. The highest BCUT2D eigenvalue weighted by Gasteiger charge is 2.16. The van der Waals surface area contributed by atoms with Crippen LogP contribution in [0.25, 0.3) is 0 Å². The van der Waals surface area contributed by atoms with Gasteiger partial charge in [0.1, 0.15) is 0 Å². The highest BCUT2D eigenvalue weighted by Crippen LogP contribution is 2.49. The zero-order valence-electron chi connectivity index (χ0n) is 4.73. The molecule has 0 N–H and O–H groups in total. The van der Waals surface area contributed by atoms with E-state index in [9.17, 15) is 13.0 Å². The van der Waals surface area contributed by atoms with E-state index < -0.39 is 13.9 Å². The lowest BCUT2D eigenvalue weighted by Gasteiger charge is -1.93. The van der Waals surface area contributed by atoms with E-state index in [1.54, 1.807) is 6.92 Å². The van der Waals surface area contributed by atoms with Crippen molar-refractivity contribution in [3.05, 3.63) is 0 Å². The van der Waals surface area contributed by atoms with Gasteiger partial charge < -0.3 is 0 Å². The number of hydrogen-bond acceptors (Lipinski definition) is 1. The molecule has 1 nitrogen and oxygen atoms in total. The van der Waals surface area contributed by atoms with Crippen LogP contribution in [0.2, 0.25) is 0 Å². The van der Waals surface area contributed by atoms with Crippen LogP contribution in [-0.4, -0.2) is 6.16 Å². The molecule has 0 amide bonds. The first kappa shape index (κ1) is 8.09. The third kappa shape index (κ3) is 6.09. The quantitative estimate of drug-likeness (QED) is 0.553. The van der Waals surface area contributed by atoms with Gasteiger partial charge in [0.25, 0.3) is 0 Å². The summed E-state index contributed by atoms with van der Waals surface area (Å²) < 4.78 is 32.6. The van der Waals surface area contributed by atoms with Crippen LogP contribution in [0.15, 0.2) is 0 Å². The van der Waals surface area contributed by atoms with Crippen molar-refractivity contribution < 1.29 is 13.0 Å². The van der Waals surface area contributed by atoms with Crippen LogP contribution in [0.1, 0.15) is 19.8 Å². The molecule has 0 aromatic carbocycles. The normalized spacial score (nSPS) is 11.9. The summed E-state index contributed by atoms with van der Waals surface area (Å²) in [5, 5.41) is 0. The maximum absolute atomic E-state index is 11.5. The van der Waals surface area contributed by atoms with Gasteiger partial charge in [0, 0.05) is 0 Å². The van der Waals surface area contributed by atoms with Gasteiger partial charge in [0.05, 0.1) is 6.16 Å². The van der Waals surface area contributed by atoms with Gasteiger partial charge in [-0.3, -0.25) is 4.57 Å². The van der Waals surface area contributed by atoms with E-state index >= 15 is 0 Å². The zero-order valence-corrected chi connectivity index (χ0v) is 5.63. The van der Waals surface area contributed by atoms with E-state index in [1.165, 1.54) is 0 Å². The van der Waals surface area contributed by atoms with E-state index in [1.807, 2.05) is 0 Å². The molecule has 0 saturated carbocycles. The average Bonchev–Trinajstić information content (AvgIpc) is 1.59.